The van der Waals surface area contributed by atoms with Gasteiger partial charge < -0.3 is 15.2 Å². The van der Waals surface area contributed by atoms with E-state index in [1.807, 2.05) is 24.3 Å². The third-order valence-electron chi connectivity index (χ3n) is 3.88. The minimum atomic E-state index is 0. The van der Waals surface area contributed by atoms with Gasteiger partial charge in [0.1, 0.15) is 12.2 Å². The molecule has 2 aromatic rings. The third-order valence-corrected chi connectivity index (χ3v) is 4.22. The van der Waals surface area contributed by atoms with Crippen molar-refractivity contribution in [3.05, 3.63) is 47.0 Å². The van der Waals surface area contributed by atoms with Crippen LogP contribution in [-0.2, 0) is 13.0 Å². The molecule has 0 fully saturated rings. The Morgan fingerprint density at radius 1 is 1.31 bits per heavy atom. The van der Waals surface area contributed by atoms with Gasteiger partial charge in [0.2, 0.25) is 0 Å². The maximum atomic E-state index is 6.29. The van der Waals surface area contributed by atoms with E-state index in [0.29, 0.717) is 0 Å². The van der Waals surface area contributed by atoms with Gasteiger partial charge in [0.05, 0.1) is 6.04 Å². The van der Waals surface area contributed by atoms with Crippen molar-refractivity contribution < 1.29 is 0 Å². The first-order valence-corrected chi connectivity index (χ1v) is 9.19. The fraction of sp³-hybridized carbons (Fsp3) is 0.500. The molecule has 8 heteroatoms. The van der Waals surface area contributed by atoms with Crippen LogP contribution in [0.1, 0.15) is 44.6 Å². The highest BCUT2D eigenvalue weighted by Crippen LogP contribution is 2.21. The van der Waals surface area contributed by atoms with Crippen molar-refractivity contribution in [1.29, 1.82) is 0 Å². The molecule has 2 N–H and O–H groups in total. The monoisotopic (exact) mass is 490 g/mol. The molecule has 0 saturated carbocycles. The molecule has 0 bridgehead atoms. The number of guanidine groups is 1. The van der Waals surface area contributed by atoms with Gasteiger partial charge in [-0.2, -0.15) is 0 Å². The van der Waals surface area contributed by atoms with Crippen molar-refractivity contribution in [1.82, 2.24) is 25.4 Å². The average molecular weight is 491 g/mol. The van der Waals surface area contributed by atoms with Crippen LogP contribution in [0.3, 0.4) is 0 Å². The Balaban J connectivity index is 0.00000338. The normalized spacial score (nSPS) is 12.4. The van der Waals surface area contributed by atoms with E-state index < -0.39 is 0 Å². The Morgan fingerprint density at radius 3 is 2.77 bits per heavy atom. The topological polar surface area (TPSA) is 67.1 Å². The Bertz CT molecular complexity index is 688. The summed E-state index contributed by atoms with van der Waals surface area (Å²) < 4.78 is 2.06. The van der Waals surface area contributed by atoms with Gasteiger partial charge >= 0.3 is 0 Å². The Labute approximate surface area is 177 Å². The lowest BCUT2D eigenvalue weighted by Gasteiger charge is -2.20. The molecule has 1 heterocycles. The second-order valence-electron chi connectivity index (χ2n) is 5.84. The molecule has 0 amide bonds. The lowest BCUT2D eigenvalue weighted by molar-refractivity contribution is 0.619. The summed E-state index contributed by atoms with van der Waals surface area (Å²) in [6.45, 7) is 8.59. The first kappa shape index (κ1) is 22.7. The van der Waals surface area contributed by atoms with Crippen molar-refractivity contribution in [2.24, 2.45) is 4.99 Å². The molecule has 0 radical (unpaired) electrons. The highest BCUT2D eigenvalue weighted by atomic mass is 127. The summed E-state index contributed by atoms with van der Waals surface area (Å²) in [5.74, 6) is 1.78. The van der Waals surface area contributed by atoms with Crippen LogP contribution in [0.25, 0.3) is 0 Å². The molecule has 1 atom stereocenters. The van der Waals surface area contributed by atoms with Gasteiger partial charge in [0.15, 0.2) is 5.96 Å². The second kappa shape index (κ2) is 12.1. The molecule has 6 nitrogen and oxygen atoms in total. The van der Waals surface area contributed by atoms with E-state index in [2.05, 4.69) is 51.2 Å². The van der Waals surface area contributed by atoms with Gasteiger partial charge in [-0.3, -0.25) is 4.99 Å². The number of nitrogens with zero attached hydrogens (tertiary/aromatic N) is 4. The van der Waals surface area contributed by atoms with Gasteiger partial charge in [0.25, 0.3) is 0 Å². The number of benzene rings is 1. The smallest absolute Gasteiger partial charge is 0.191 e. The lowest BCUT2D eigenvalue weighted by Crippen LogP contribution is -2.40. The SMILES string of the molecule is CCCN=C(NCCn1cnnc1CC)NC(C)c1ccccc1Cl.I. The van der Waals surface area contributed by atoms with Crippen molar-refractivity contribution in [3.8, 4) is 0 Å². The first-order valence-electron chi connectivity index (χ1n) is 8.81. The zero-order valence-corrected chi connectivity index (χ0v) is 18.7. The van der Waals surface area contributed by atoms with E-state index in [-0.39, 0.29) is 30.0 Å². The summed E-state index contributed by atoms with van der Waals surface area (Å²) >= 11 is 6.29. The maximum absolute atomic E-state index is 6.29. The Hall–Kier alpha value is -1.35. The summed E-state index contributed by atoms with van der Waals surface area (Å²) in [7, 11) is 0. The van der Waals surface area contributed by atoms with Crippen LogP contribution in [0.15, 0.2) is 35.6 Å². The number of aryl methyl sites for hydroxylation is 1. The molecular formula is C18H28ClIN6. The lowest BCUT2D eigenvalue weighted by atomic mass is 10.1. The van der Waals surface area contributed by atoms with E-state index in [4.69, 9.17) is 11.6 Å². The van der Waals surface area contributed by atoms with Crippen molar-refractivity contribution in [2.75, 3.05) is 13.1 Å². The van der Waals surface area contributed by atoms with Crippen molar-refractivity contribution in [2.45, 2.75) is 46.2 Å². The number of aliphatic imine (C=N–C) groups is 1. The molecule has 0 aliphatic rings. The van der Waals surface area contributed by atoms with Crippen molar-refractivity contribution in [3.63, 3.8) is 0 Å². The molecule has 1 aromatic heterocycles. The highest BCUT2D eigenvalue weighted by Gasteiger charge is 2.11. The summed E-state index contributed by atoms with van der Waals surface area (Å²) in [5, 5.41) is 15.6. The van der Waals surface area contributed by atoms with Gasteiger partial charge in [-0.15, -0.1) is 34.2 Å². The minimum Gasteiger partial charge on any atom is -0.355 e. The van der Waals surface area contributed by atoms with E-state index in [1.165, 1.54) is 0 Å². The number of hydrogen-bond donors (Lipinski definition) is 2. The van der Waals surface area contributed by atoms with Crippen LogP contribution in [0, 0.1) is 0 Å². The van der Waals surface area contributed by atoms with Crippen LogP contribution in [-0.4, -0.2) is 33.8 Å². The van der Waals surface area contributed by atoms with Crippen LogP contribution in [0.5, 0.6) is 0 Å². The van der Waals surface area contributed by atoms with E-state index in [1.54, 1.807) is 6.33 Å². The van der Waals surface area contributed by atoms with E-state index in [9.17, 15) is 0 Å². The van der Waals surface area contributed by atoms with Gasteiger partial charge in [-0.25, -0.2) is 0 Å². The second-order valence-corrected chi connectivity index (χ2v) is 6.25. The zero-order valence-electron chi connectivity index (χ0n) is 15.6. The summed E-state index contributed by atoms with van der Waals surface area (Å²) in [4.78, 5) is 4.61. The van der Waals surface area contributed by atoms with Gasteiger partial charge in [-0.05, 0) is 25.0 Å². The number of hydrogen-bond acceptors (Lipinski definition) is 3. The molecule has 1 aromatic carbocycles. The predicted octanol–water partition coefficient (Wildman–Crippen LogP) is 3.82. The average Bonchev–Trinajstić information content (AvgIpc) is 3.07. The van der Waals surface area contributed by atoms with Gasteiger partial charge in [0, 0.05) is 31.1 Å². The summed E-state index contributed by atoms with van der Waals surface area (Å²) in [5.41, 5.74) is 1.06. The molecule has 2 rings (SSSR count). The molecular weight excluding hydrogens is 463 g/mol. The first-order chi connectivity index (χ1) is 12.2. The number of aromatic nitrogens is 3. The maximum Gasteiger partial charge on any atom is 0.191 e. The van der Waals surface area contributed by atoms with Crippen LogP contribution in [0.4, 0.5) is 0 Å². The van der Waals surface area contributed by atoms with Gasteiger partial charge in [-0.1, -0.05) is 43.6 Å². The van der Waals surface area contributed by atoms with Crippen LogP contribution < -0.4 is 10.6 Å². The quantitative estimate of drug-likeness (QED) is 0.335. The molecule has 0 saturated heterocycles. The fourth-order valence-electron chi connectivity index (χ4n) is 2.52. The fourth-order valence-corrected chi connectivity index (χ4v) is 2.82. The largest absolute Gasteiger partial charge is 0.355 e. The summed E-state index contributed by atoms with van der Waals surface area (Å²) in [6, 6.07) is 7.94. The zero-order chi connectivity index (χ0) is 18.1. The predicted molar refractivity (Wildman–Crippen MR) is 118 cm³/mol. The third kappa shape index (κ3) is 6.75. The standard InChI is InChI=1S/C18H27ClN6.HI/c1-4-10-20-18(21-11-12-25-13-22-24-17(25)5-2)23-14(3)15-8-6-7-9-16(15)19;/h6-9,13-14H,4-5,10-12H2,1-3H3,(H2,20,21,23);1H. The molecule has 26 heavy (non-hydrogen) atoms. The molecule has 0 aliphatic carbocycles. The van der Waals surface area contributed by atoms with E-state index in [0.717, 1.165) is 54.8 Å². The minimum absolute atomic E-state index is 0. The molecule has 0 aliphatic heterocycles. The highest BCUT2D eigenvalue weighted by molar-refractivity contribution is 14.0. The summed E-state index contributed by atoms with van der Waals surface area (Å²) in [6.07, 6.45) is 3.64. The molecule has 1 unspecified atom stereocenters. The van der Waals surface area contributed by atoms with E-state index >= 15 is 0 Å². The molecule has 144 valence electrons. The number of nitrogens with one attached hydrogen (secondary N) is 2. The number of halogens is 2. The Morgan fingerprint density at radius 2 is 2.08 bits per heavy atom. The molecule has 0 spiro atoms. The Kier molecular flexibility index (Phi) is 10.6. The number of rotatable bonds is 8. The van der Waals surface area contributed by atoms with Crippen LogP contribution in [0.2, 0.25) is 5.02 Å². The van der Waals surface area contributed by atoms with Crippen molar-refractivity contribution >= 4 is 41.5 Å². The van der Waals surface area contributed by atoms with Crippen LogP contribution >= 0.6 is 35.6 Å².